The van der Waals surface area contributed by atoms with Gasteiger partial charge in [-0.05, 0) is 12.1 Å². The third-order valence-electron chi connectivity index (χ3n) is 2.28. The van der Waals surface area contributed by atoms with Gasteiger partial charge in [0, 0.05) is 23.2 Å². The molecule has 0 amide bonds. The van der Waals surface area contributed by atoms with Crippen LogP contribution in [0, 0.1) is 0 Å². The highest BCUT2D eigenvalue weighted by Crippen LogP contribution is 2.23. The Bertz CT molecular complexity index is 693. The number of nitrogens with two attached hydrogens (primary N) is 1. The second-order valence-corrected chi connectivity index (χ2v) is 5.98. The van der Waals surface area contributed by atoms with Crippen molar-refractivity contribution in [3.05, 3.63) is 36.7 Å². The van der Waals surface area contributed by atoms with E-state index >= 15 is 0 Å². The molecule has 0 saturated heterocycles. The summed E-state index contributed by atoms with van der Waals surface area (Å²) in [6, 6.07) is 7.03. The molecule has 0 saturated carbocycles. The summed E-state index contributed by atoms with van der Waals surface area (Å²) in [7, 11) is -3.56. The van der Waals surface area contributed by atoms with Crippen LogP contribution in [0.4, 0.5) is 5.69 Å². The Hall–Kier alpha value is -1.73. The van der Waals surface area contributed by atoms with E-state index in [9.17, 15) is 8.42 Å². The molecule has 0 fully saturated rings. The van der Waals surface area contributed by atoms with Crippen molar-refractivity contribution in [1.29, 1.82) is 0 Å². The SMILES string of the molecule is NC(=S)CS(=O)(=O)Nc1cccc2cnccc12. The fraction of sp³-hybridized carbons (Fsp3) is 0.0909. The zero-order chi connectivity index (χ0) is 13.2. The normalized spacial score (nSPS) is 11.3. The zero-order valence-electron chi connectivity index (χ0n) is 9.33. The fourth-order valence-electron chi connectivity index (χ4n) is 1.60. The number of aromatic nitrogens is 1. The lowest BCUT2D eigenvalue weighted by molar-refractivity contribution is 0.605. The van der Waals surface area contributed by atoms with Gasteiger partial charge in [0.25, 0.3) is 0 Å². The van der Waals surface area contributed by atoms with Crippen molar-refractivity contribution >= 4 is 43.7 Å². The molecular weight excluding hydrogens is 270 g/mol. The molecule has 0 atom stereocenters. The van der Waals surface area contributed by atoms with Gasteiger partial charge in [0.05, 0.1) is 10.7 Å². The standard InChI is InChI=1S/C11H11N3O2S2/c12-11(17)7-18(15,16)14-10-3-1-2-8-6-13-5-4-9(8)10/h1-6,14H,7H2,(H2,12,17). The fourth-order valence-corrected chi connectivity index (χ4v) is 3.03. The molecule has 5 nitrogen and oxygen atoms in total. The van der Waals surface area contributed by atoms with Crippen molar-refractivity contribution < 1.29 is 8.42 Å². The molecule has 0 radical (unpaired) electrons. The molecule has 3 N–H and O–H groups in total. The topological polar surface area (TPSA) is 85.1 Å². The van der Waals surface area contributed by atoms with E-state index in [-0.39, 0.29) is 10.7 Å². The number of hydrogen-bond donors (Lipinski definition) is 2. The van der Waals surface area contributed by atoms with Gasteiger partial charge < -0.3 is 5.73 Å². The highest BCUT2D eigenvalue weighted by molar-refractivity contribution is 7.95. The molecule has 0 bridgehead atoms. The molecule has 0 spiro atoms. The zero-order valence-corrected chi connectivity index (χ0v) is 11.0. The predicted octanol–water partition coefficient (Wildman–Crippen LogP) is 1.26. The van der Waals surface area contributed by atoms with Crippen LogP contribution in [-0.2, 0) is 10.0 Å². The van der Waals surface area contributed by atoms with Gasteiger partial charge in [-0.1, -0.05) is 24.4 Å². The molecule has 94 valence electrons. The van der Waals surface area contributed by atoms with Gasteiger partial charge in [0.1, 0.15) is 5.75 Å². The molecule has 7 heteroatoms. The quantitative estimate of drug-likeness (QED) is 0.824. The number of nitrogens with one attached hydrogen (secondary N) is 1. The summed E-state index contributed by atoms with van der Waals surface area (Å²) < 4.78 is 26.0. The molecule has 2 rings (SSSR count). The number of fused-ring (bicyclic) bond motifs is 1. The van der Waals surface area contributed by atoms with E-state index in [2.05, 4.69) is 21.9 Å². The number of nitrogens with zero attached hydrogens (tertiary/aromatic N) is 1. The van der Waals surface area contributed by atoms with Crippen LogP contribution in [0.15, 0.2) is 36.7 Å². The lowest BCUT2D eigenvalue weighted by Gasteiger charge is -2.09. The van der Waals surface area contributed by atoms with E-state index in [1.807, 2.05) is 6.07 Å². The van der Waals surface area contributed by atoms with Crippen molar-refractivity contribution in [1.82, 2.24) is 4.98 Å². The minimum atomic E-state index is -3.56. The van der Waals surface area contributed by atoms with E-state index in [0.717, 1.165) is 10.8 Å². The molecule has 1 aromatic carbocycles. The van der Waals surface area contributed by atoms with E-state index in [0.29, 0.717) is 5.69 Å². The third-order valence-corrected chi connectivity index (χ3v) is 3.83. The number of anilines is 1. The Labute approximate surface area is 110 Å². The first-order valence-corrected chi connectivity index (χ1v) is 7.15. The average molecular weight is 281 g/mol. The Balaban J connectivity index is 2.41. The van der Waals surface area contributed by atoms with Crippen LogP contribution in [0.5, 0.6) is 0 Å². The highest BCUT2D eigenvalue weighted by Gasteiger charge is 2.13. The predicted molar refractivity (Wildman–Crippen MR) is 75.9 cm³/mol. The summed E-state index contributed by atoms with van der Waals surface area (Å²) in [4.78, 5) is 3.92. The van der Waals surface area contributed by atoms with Crippen LogP contribution in [0.3, 0.4) is 0 Å². The Morgan fingerprint density at radius 1 is 1.39 bits per heavy atom. The van der Waals surface area contributed by atoms with Crippen LogP contribution in [0.2, 0.25) is 0 Å². The van der Waals surface area contributed by atoms with E-state index in [4.69, 9.17) is 5.73 Å². The molecule has 1 heterocycles. The summed E-state index contributed by atoms with van der Waals surface area (Å²) in [6.07, 6.45) is 3.27. The van der Waals surface area contributed by atoms with Gasteiger partial charge in [-0.2, -0.15) is 0 Å². The Morgan fingerprint density at radius 2 is 2.17 bits per heavy atom. The highest BCUT2D eigenvalue weighted by atomic mass is 32.2. The molecule has 0 aliphatic heterocycles. The van der Waals surface area contributed by atoms with Crippen LogP contribution in [-0.4, -0.2) is 24.1 Å². The van der Waals surface area contributed by atoms with Crippen LogP contribution < -0.4 is 10.5 Å². The smallest absolute Gasteiger partial charge is 0.239 e. The van der Waals surface area contributed by atoms with Crippen molar-refractivity contribution in [2.75, 3.05) is 10.5 Å². The molecule has 0 unspecified atom stereocenters. The lowest BCUT2D eigenvalue weighted by Crippen LogP contribution is -2.26. The summed E-state index contributed by atoms with van der Waals surface area (Å²) in [6.45, 7) is 0. The summed E-state index contributed by atoms with van der Waals surface area (Å²) >= 11 is 4.60. The maximum absolute atomic E-state index is 11.8. The van der Waals surface area contributed by atoms with E-state index < -0.39 is 10.0 Å². The third kappa shape index (κ3) is 2.93. The van der Waals surface area contributed by atoms with Crippen molar-refractivity contribution in [3.63, 3.8) is 0 Å². The van der Waals surface area contributed by atoms with Gasteiger partial charge >= 0.3 is 0 Å². The minimum absolute atomic E-state index is 0.0654. The Kier molecular flexibility index (Phi) is 3.44. The van der Waals surface area contributed by atoms with Crippen LogP contribution in [0.1, 0.15) is 0 Å². The summed E-state index contributed by atoms with van der Waals surface area (Å²) in [5.41, 5.74) is 5.74. The van der Waals surface area contributed by atoms with Crippen LogP contribution in [0.25, 0.3) is 10.8 Å². The molecule has 1 aromatic heterocycles. The first kappa shape index (κ1) is 12.7. The number of benzene rings is 1. The first-order chi connectivity index (χ1) is 8.48. The van der Waals surface area contributed by atoms with Gasteiger partial charge in [-0.15, -0.1) is 0 Å². The maximum atomic E-state index is 11.8. The summed E-state index contributed by atoms with van der Waals surface area (Å²) in [5.74, 6) is -0.371. The molecule has 0 aliphatic rings. The van der Waals surface area contributed by atoms with Crippen molar-refractivity contribution in [2.45, 2.75) is 0 Å². The van der Waals surface area contributed by atoms with Gasteiger partial charge in [-0.25, -0.2) is 8.42 Å². The monoisotopic (exact) mass is 281 g/mol. The number of sulfonamides is 1. The van der Waals surface area contributed by atoms with Gasteiger partial charge in [-0.3, -0.25) is 9.71 Å². The molecule has 2 aromatic rings. The molecule has 0 aliphatic carbocycles. The average Bonchev–Trinajstić information content (AvgIpc) is 2.27. The number of hydrogen-bond acceptors (Lipinski definition) is 4. The number of thiocarbonyl (C=S) groups is 1. The maximum Gasteiger partial charge on any atom is 0.239 e. The van der Waals surface area contributed by atoms with Crippen molar-refractivity contribution in [2.24, 2.45) is 5.73 Å². The van der Waals surface area contributed by atoms with E-state index in [1.54, 1.807) is 30.6 Å². The Morgan fingerprint density at radius 3 is 2.89 bits per heavy atom. The molecular formula is C11H11N3O2S2. The van der Waals surface area contributed by atoms with Crippen molar-refractivity contribution in [3.8, 4) is 0 Å². The van der Waals surface area contributed by atoms with Gasteiger partial charge in [0.2, 0.25) is 10.0 Å². The number of rotatable bonds is 4. The minimum Gasteiger partial charge on any atom is -0.392 e. The second kappa shape index (κ2) is 4.87. The second-order valence-electron chi connectivity index (χ2n) is 3.73. The van der Waals surface area contributed by atoms with E-state index in [1.165, 1.54) is 0 Å². The largest absolute Gasteiger partial charge is 0.392 e. The molecule has 18 heavy (non-hydrogen) atoms. The van der Waals surface area contributed by atoms with Crippen LogP contribution >= 0.6 is 12.2 Å². The summed E-state index contributed by atoms with van der Waals surface area (Å²) in [5, 5.41) is 1.63. The van der Waals surface area contributed by atoms with Gasteiger partial charge in [0.15, 0.2) is 0 Å². The lowest BCUT2D eigenvalue weighted by atomic mass is 10.1. The first-order valence-electron chi connectivity index (χ1n) is 5.09. The number of pyridine rings is 1.